The van der Waals surface area contributed by atoms with E-state index in [4.69, 9.17) is 4.42 Å². The maximum Gasteiger partial charge on any atom is 0.262 e. The molecule has 0 aliphatic carbocycles. The van der Waals surface area contributed by atoms with Crippen molar-refractivity contribution >= 4 is 17.0 Å². The highest BCUT2D eigenvalue weighted by Crippen LogP contribution is 2.20. The molecule has 2 aromatic rings. The molecule has 0 saturated heterocycles. The molecule has 0 atom stereocenters. The van der Waals surface area contributed by atoms with E-state index in [1.165, 1.54) is 6.33 Å². The molecule has 0 radical (unpaired) electrons. The van der Waals surface area contributed by atoms with Gasteiger partial charge in [0.1, 0.15) is 11.1 Å². The van der Waals surface area contributed by atoms with Crippen molar-refractivity contribution in [2.24, 2.45) is 5.92 Å². The molecule has 1 amide bonds. The Bertz CT molecular complexity index is 640. The second-order valence-electron chi connectivity index (χ2n) is 4.55. The lowest BCUT2D eigenvalue weighted by atomic mass is 10.1. The van der Waals surface area contributed by atoms with Crippen LogP contribution in [0.3, 0.4) is 0 Å². The summed E-state index contributed by atoms with van der Waals surface area (Å²) in [5, 5.41) is 2.97. The molecule has 0 saturated carbocycles. The van der Waals surface area contributed by atoms with Gasteiger partial charge in [-0.3, -0.25) is 9.59 Å². The monoisotopic (exact) mass is 249 g/mol. The molecule has 0 fully saturated rings. The molecule has 6 heteroatoms. The lowest BCUT2D eigenvalue weighted by molar-refractivity contribution is 0.0949. The minimum Gasteiger partial charge on any atom is -0.442 e. The number of carbonyl (C=O) groups is 1. The summed E-state index contributed by atoms with van der Waals surface area (Å²) in [4.78, 5) is 30.1. The fraction of sp³-hybridized carbons (Fsp3) is 0.417. The molecule has 96 valence electrons. The number of rotatable bonds is 3. The number of aromatic nitrogens is 2. The highest BCUT2D eigenvalue weighted by atomic mass is 16.3. The number of hydrogen-bond acceptors (Lipinski definition) is 4. The first-order chi connectivity index (χ1) is 8.50. The summed E-state index contributed by atoms with van der Waals surface area (Å²) in [7, 11) is 0. The average Bonchev–Trinajstić information content (AvgIpc) is 2.63. The van der Waals surface area contributed by atoms with E-state index < -0.39 is 0 Å². The molecule has 2 N–H and O–H groups in total. The van der Waals surface area contributed by atoms with E-state index in [9.17, 15) is 9.59 Å². The van der Waals surface area contributed by atoms with Gasteiger partial charge >= 0.3 is 0 Å². The van der Waals surface area contributed by atoms with Crippen LogP contribution < -0.4 is 10.9 Å². The zero-order valence-corrected chi connectivity index (χ0v) is 10.5. The van der Waals surface area contributed by atoms with E-state index in [0.29, 0.717) is 18.2 Å². The molecule has 2 aromatic heterocycles. The highest BCUT2D eigenvalue weighted by Gasteiger charge is 2.21. The molecule has 0 aliphatic rings. The molecule has 0 bridgehead atoms. The van der Waals surface area contributed by atoms with Gasteiger partial charge in [0.15, 0.2) is 0 Å². The Morgan fingerprint density at radius 1 is 1.56 bits per heavy atom. The number of aromatic amines is 1. The van der Waals surface area contributed by atoms with E-state index in [2.05, 4.69) is 15.3 Å². The van der Waals surface area contributed by atoms with Gasteiger partial charge in [0, 0.05) is 6.54 Å². The summed E-state index contributed by atoms with van der Waals surface area (Å²) in [5.41, 5.74) is 0.0810. The number of nitrogens with one attached hydrogen (secondary N) is 2. The largest absolute Gasteiger partial charge is 0.442 e. The first-order valence-electron chi connectivity index (χ1n) is 5.75. The smallest absolute Gasteiger partial charge is 0.262 e. The lowest BCUT2D eigenvalue weighted by Crippen LogP contribution is -2.28. The number of amides is 1. The van der Waals surface area contributed by atoms with Crippen LogP contribution in [0.15, 0.2) is 15.5 Å². The summed E-state index contributed by atoms with van der Waals surface area (Å²) in [6.07, 6.45) is 1.25. The molecule has 0 aromatic carbocycles. The number of hydrogen-bond donors (Lipinski definition) is 2. The molecular formula is C12H15N3O3. The van der Waals surface area contributed by atoms with E-state index in [1.54, 1.807) is 6.92 Å². The van der Waals surface area contributed by atoms with Gasteiger partial charge in [0.25, 0.3) is 11.5 Å². The molecule has 2 rings (SSSR count). The van der Waals surface area contributed by atoms with Gasteiger partial charge in [0.2, 0.25) is 5.71 Å². The van der Waals surface area contributed by atoms with Gasteiger partial charge in [-0.2, -0.15) is 0 Å². The molecule has 6 nitrogen and oxygen atoms in total. The van der Waals surface area contributed by atoms with Crippen molar-refractivity contribution < 1.29 is 9.21 Å². The van der Waals surface area contributed by atoms with Crippen molar-refractivity contribution in [1.82, 2.24) is 15.3 Å². The van der Waals surface area contributed by atoms with Crippen LogP contribution in [0.25, 0.3) is 11.1 Å². The van der Waals surface area contributed by atoms with Crippen molar-refractivity contribution in [3.05, 3.63) is 28.0 Å². The quantitative estimate of drug-likeness (QED) is 0.855. The first kappa shape index (κ1) is 12.3. The number of nitrogens with zero attached hydrogens (tertiary/aromatic N) is 1. The number of H-pyrrole nitrogens is 1. The van der Waals surface area contributed by atoms with E-state index in [1.807, 2.05) is 13.8 Å². The van der Waals surface area contributed by atoms with Gasteiger partial charge in [-0.05, 0) is 12.8 Å². The molecule has 0 spiro atoms. The predicted molar refractivity (Wildman–Crippen MR) is 66.5 cm³/mol. The van der Waals surface area contributed by atoms with Crippen LogP contribution in [0, 0.1) is 12.8 Å². The Morgan fingerprint density at radius 2 is 2.28 bits per heavy atom. The van der Waals surface area contributed by atoms with Crippen LogP contribution in [-0.4, -0.2) is 22.4 Å². The van der Waals surface area contributed by atoms with Crippen LogP contribution in [0.2, 0.25) is 0 Å². The molecule has 18 heavy (non-hydrogen) atoms. The van der Waals surface area contributed by atoms with Crippen LogP contribution in [0.4, 0.5) is 0 Å². The second kappa shape index (κ2) is 4.64. The molecule has 0 aliphatic heterocycles. The number of aryl methyl sites for hydroxylation is 1. The zero-order chi connectivity index (χ0) is 13.3. The minimum absolute atomic E-state index is 0.186. The van der Waals surface area contributed by atoms with Gasteiger partial charge < -0.3 is 14.7 Å². The van der Waals surface area contributed by atoms with Crippen LogP contribution in [-0.2, 0) is 0 Å². The van der Waals surface area contributed by atoms with Crippen molar-refractivity contribution in [3.63, 3.8) is 0 Å². The van der Waals surface area contributed by atoms with Gasteiger partial charge in [-0.25, -0.2) is 4.98 Å². The summed E-state index contributed by atoms with van der Waals surface area (Å²) >= 11 is 0. The van der Waals surface area contributed by atoms with Crippen LogP contribution in [0.5, 0.6) is 0 Å². The fourth-order valence-corrected chi connectivity index (χ4v) is 1.71. The van der Waals surface area contributed by atoms with E-state index in [0.717, 1.165) is 0 Å². The van der Waals surface area contributed by atoms with Crippen molar-refractivity contribution in [3.8, 4) is 0 Å². The topological polar surface area (TPSA) is 88.0 Å². The molecule has 2 heterocycles. The third kappa shape index (κ3) is 2.13. The van der Waals surface area contributed by atoms with Gasteiger partial charge in [0.05, 0.1) is 11.9 Å². The average molecular weight is 249 g/mol. The van der Waals surface area contributed by atoms with Crippen molar-refractivity contribution in [1.29, 1.82) is 0 Å². The van der Waals surface area contributed by atoms with E-state index >= 15 is 0 Å². The number of fused-ring (bicyclic) bond motifs is 1. The predicted octanol–water partition coefficient (Wildman–Crippen LogP) is 1.21. The Labute approximate surface area is 103 Å². The van der Waals surface area contributed by atoms with Gasteiger partial charge in [-0.15, -0.1) is 0 Å². The standard InChI is InChI=1S/C12H15N3O3/c1-6(2)4-13-10(16)8-7(3)18-12-9(8)11(17)14-5-15-12/h5-6H,4H2,1-3H3,(H,13,16)(H,14,15,17). The SMILES string of the molecule is Cc1oc2nc[nH]c(=O)c2c1C(=O)NCC(C)C. The maximum absolute atomic E-state index is 12.0. The van der Waals surface area contributed by atoms with Crippen molar-refractivity contribution in [2.45, 2.75) is 20.8 Å². The summed E-state index contributed by atoms with van der Waals surface area (Å²) in [6.45, 7) is 6.18. The molecule has 0 unspecified atom stereocenters. The Morgan fingerprint density at radius 3 is 2.94 bits per heavy atom. The number of carbonyl (C=O) groups excluding carboxylic acids is 1. The van der Waals surface area contributed by atoms with E-state index in [-0.39, 0.29) is 28.1 Å². The Balaban J connectivity index is 2.47. The Hall–Kier alpha value is -2.11. The third-order valence-corrected chi connectivity index (χ3v) is 2.57. The normalized spacial score (nSPS) is 11.1. The van der Waals surface area contributed by atoms with Crippen LogP contribution in [0.1, 0.15) is 30.0 Å². The summed E-state index contributed by atoms with van der Waals surface area (Å²) < 4.78 is 5.32. The lowest BCUT2D eigenvalue weighted by Gasteiger charge is -2.06. The number of furan rings is 1. The third-order valence-electron chi connectivity index (χ3n) is 2.57. The summed E-state index contributed by atoms with van der Waals surface area (Å²) in [6, 6.07) is 0. The second-order valence-corrected chi connectivity index (χ2v) is 4.55. The van der Waals surface area contributed by atoms with Crippen molar-refractivity contribution in [2.75, 3.05) is 6.54 Å². The summed E-state index contributed by atoms with van der Waals surface area (Å²) in [5.74, 6) is 0.428. The maximum atomic E-state index is 12.0. The molecular weight excluding hydrogens is 234 g/mol. The fourth-order valence-electron chi connectivity index (χ4n) is 1.71. The Kier molecular flexibility index (Phi) is 3.18. The highest BCUT2D eigenvalue weighted by molar-refractivity contribution is 6.06. The minimum atomic E-state index is -0.369. The zero-order valence-electron chi connectivity index (χ0n) is 10.5. The van der Waals surface area contributed by atoms with Gasteiger partial charge in [-0.1, -0.05) is 13.8 Å². The van der Waals surface area contributed by atoms with Crippen LogP contribution >= 0.6 is 0 Å². The first-order valence-corrected chi connectivity index (χ1v) is 5.75.